The fourth-order valence-corrected chi connectivity index (χ4v) is 7.04. The van der Waals surface area contributed by atoms with Gasteiger partial charge in [0.25, 0.3) is 5.56 Å². The van der Waals surface area contributed by atoms with Gasteiger partial charge in [0.15, 0.2) is 11.5 Å². The first-order valence-electron chi connectivity index (χ1n) is 16.2. The molecule has 3 aromatic heterocycles. The number of ether oxygens (including phenoxy) is 1. The number of anilines is 2. The first kappa shape index (κ1) is 34.0. The smallest absolute Gasteiger partial charge is 0.310 e. The predicted octanol–water partition coefficient (Wildman–Crippen LogP) is 5.13. The van der Waals surface area contributed by atoms with Crippen molar-refractivity contribution in [1.82, 2.24) is 19.4 Å². The van der Waals surface area contributed by atoms with Crippen LogP contribution in [0.4, 0.5) is 20.2 Å². The average molecular weight is 675 g/mol. The molecule has 13 heteroatoms. The van der Waals surface area contributed by atoms with Crippen LogP contribution in [0.1, 0.15) is 51.3 Å². The Hall–Kier alpha value is -4.91. The minimum absolute atomic E-state index is 0.0414. The molecule has 1 unspecified atom stereocenters. The molecule has 2 aliphatic heterocycles. The van der Waals surface area contributed by atoms with E-state index >= 15 is 8.78 Å². The molecule has 1 amide bonds. The van der Waals surface area contributed by atoms with Gasteiger partial charge in [-0.2, -0.15) is 0 Å². The number of benzene rings is 1. The van der Waals surface area contributed by atoms with Crippen LogP contribution in [-0.4, -0.2) is 82.8 Å². The molecule has 0 saturated carbocycles. The minimum Gasteiger partial charge on any atom is -0.496 e. The molecule has 6 rings (SSSR count). The summed E-state index contributed by atoms with van der Waals surface area (Å²) in [4.78, 5) is 55.3. The van der Waals surface area contributed by atoms with Gasteiger partial charge in [0.2, 0.25) is 5.91 Å². The second-order valence-corrected chi connectivity index (χ2v) is 13.8. The molecule has 258 valence electrons. The van der Waals surface area contributed by atoms with Gasteiger partial charge in [-0.05, 0) is 56.5 Å². The van der Waals surface area contributed by atoms with Gasteiger partial charge >= 0.3 is 5.97 Å². The van der Waals surface area contributed by atoms with E-state index in [2.05, 4.69) is 4.98 Å². The Balaban J connectivity index is 1.69. The topological polar surface area (TPSA) is 121 Å². The lowest BCUT2D eigenvalue weighted by molar-refractivity contribution is -0.148. The fraction of sp³-hybridized carbons (Fsp3) is 0.417. The zero-order chi connectivity index (χ0) is 35.5. The van der Waals surface area contributed by atoms with Crippen LogP contribution >= 0.6 is 0 Å². The normalized spacial score (nSPS) is 16.9. The summed E-state index contributed by atoms with van der Waals surface area (Å²) in [5.41, 5.74) is 0.109. The van der Waals surface area contributed by atoms with Crippen LogP contribution in [0.2, 0.25) is 0 Å². The molecule has 0 radical (unpaired) electrons. The summed E-state index contributed by atoms with van der Waals surface area (Å²) in [6.45, 7) is 10.4. The van der Waals surface area contributed by atoms with Crippen LogP contribution in [0.3, 0.4) is 0 Å². The number of hydrogen-bond acceptors (Lipinski definition) is 8. The van der Waals surface area contributed by atoms with Crippen molar-refractivity contribution >= 4 is 34.3 Å². The number of fused-ring (bicyclic) bond motifs is 5. The first-order valence-corrected chi connectivity index (χ1v) is 16.2. The molecular formula is C36H40F2N6O5. The number of rotatable bonds is 7. The summed E-state index contributed by atoms with van der Waals surface area (Å²) in [6, 6.07) is 6.70. The zero-order valence-electron chi connectivity index (χ0n) is 28.7. The largest absolute Gasteiger partial charge is 0.496 e. The molecule has 1 saturated heterocycles. The number of nitrogens with zero attached hydrogens (tertiary/aromatic N) is 6. The Labute approximate surface area is 282 Å². The van der Waals surface area contributed by atoms with Crippen molar-refractivity contribution in [2.45, 2.75) is 53.0 Å². The van der Waals surface area contributed by atoms with Gasteiger partial charge < -0.3 is 19.6 Å². The maximum Gasteiger partial charge on any atom is 0.310 e. The Morgan fingerprint density at radius 1 is 1.10 bits per heavy atom. The van der Waals surface area contributed by atoms with Gasteiger partial charge in [0.1, 0.15) is 22.9 Å². The summed E-state index contributed by atoms with van der Waals surface area (Å²) in [5, 5.41) is 10.0. The quantitative estimate of drug-likeness (QED) is 0.284. The van der Waals surface area contributed by atoms with E-state index in [1.165, 1.54) is 47.9 Å². The number of amides is 1. The van der Waals surface area contributed by atoms with Gasteiger partial charge in [-0.3, -0.25) is 28.8 Å². The number of aryl methyl sites for hydroxylation is 1. The molecule has 5 heterocycles. The average Bonchev–Trinajstić information content (AvgIpc) is 3.14. The SMILES string of the molecule is COc1cccc(F)c1-c1nc2c(cc1F)c1c(c(=O)n2-c2c(C)ccnc2C(C)C)N(C)C(=O)CC2CN(CC(C)(C)C(=O)O)CCN12. The molecule has 1 atom stereocenters. The number of carbonyl (C=O) groups is 2. The molecular weight excluding hydrogens is 634 g/mol. The number of aliphatic carboxylic acids is 1. The van der Waals surface area contributed by atoms with E-state index in [0.29, 0.717) is 42.3 Å². The second-order valence-electron chi connectivity index (χ2n) is 13.8. The van der Waals surface area contributed by atoms with Gasteiger partial charge in [0, 0.05) is 51.2 Å². The van der Waals surface area contributed by atoms with E-state index in [9.17, 15) is 19.5 Å². The number of hydrogen-bond donors (Lipinski definition) is 1. The van der Waals surface area contributed by atoms with Crippen LogP contribution in [0.25, 0.3) is 28.0 Å². The first-order chi connectivity index (χ1) is 23.2. The number of pyridine rings is 3. The molecule has 49 heavy (non-hydrogen) atoms. The summed E-state index contributed by atoms with van der Waals surface area (Å²) >= 11 is 0. The monoisotopic (exact) mass is 674 g/mol. The van der Waals surface area contributed by atoms with Crippen LogP contribution < -0.4 is 20.1 Å². The van der Waals surface area contributed by atoms with Crippen molar-refractivity contribution < 1.29 is 28.2 Å². The van der Waals surface area contributed by atoms with Gasteiger partial charge in [-0.25, -0.2) is 13.8 Å². The standard InChI is InChI=1S/C36H40F2N6O5/c1-19(2)28-30(20(3)11-12-39-28)44-33-22(16-24(38)29(40-33)27-23(37)9-8-10-25(27)49-7)31-32(34(44)46)41(6)26(45)15-21-17-42(13-14-43(21)31)18-36(4,5)35(47)48/h8-12,16,19,21H,13-15,17-18H2,1-7H3,(H,47,48). The number of halogens is 2. The number of carbonyl (C=O) groups excluding carboxylic acids is 1. The van der Waals surface area contributed by atoms with Crippen molar-refractivity contribution in [2.75, 3.05) is 50.1 Å². The van der Waals surface area contributed by atoms with Crippen molar-refractivity contribution in [3.8, 4) is 22.7 Å². The second kappa shape index (κ2) is 12.5. The summed E-state index contributed by atoms with van der Waals surface area (Å²) < 4.78 is 38.7. The predicted molar refractivity (Wildman–Crippen MR) is 183 cm³/mol. The van der Waals surface area contributed by atoms with E-state index in [4.69, 9.17) is 9.72 Å². The third-order valence-corrected chi connectivity index (χ3v) is 9.58. The van der Waals surface area contributed by atoms with Crippen LogP contribution in [0.5, 0.6) is 5.75 Å². The third-order valence-electron chi connectivity index (χ3n) is 9.58. The molecule has 2 aliphatic rings. The highest BCUT2D eigenvalue weighted by Crippen LogP contribution is 2.43. The Kier molecular flexibility index (Phi) is 8.68. The van der Waals surface area contributed by atoms with Crippen molar-refractivity contribution in [1.29, 1.82) is 0 Å². The van der Waals surface area contributed by atoms with E-state index in [1.807, 2.05) is 30.6 Å². The highest BCUT2D eigenvalue weighted by Gasteiger charge is 2.41. The molecule has 0 bridgehead atoms. The Bertz CT molecular complexity index is 2060. The molecule has 0 aliphatic carbocycles. The molecule has 1 fully saturated rings. The molecule has 4 aromatic rings. The maximum absolute atomic E-state index is 16.5. The van der Waals surface area contributed by atoms with E-state index in [1.54, 1.807) is 26.1 Å². The molecule has 11 nitrogen and oxygen atoms in total. The summed E-state index contributed by atoms with van der Waals surface area (Å²) in [7, 11) is 2.88. The summed E-state index contributed by atoms with van der Waals surface area (Å²) in [6.07, 6.45) is 1.69. The van der Waals surface area contributed by atoms with Gasteiger partial charge in [-0.15, -0.1) is 0 Å². The maximum atomic E-state index is 16.5. The molecule has 0 spiro atoms. The number of carboxylic acids is 1. The number of piperazine rings is 1. The van der Waals surface area contributed by atoms with Crippen molar-refractivity contribution in [2.24, 2.45) is 5.41 Å². The van der Waals surface area contributed by atoms with E-state index in [-0.39, 0.29) is 58.5 Å². The number of aromatic nitrogens is 3. The number of methoxy groups -OCH3 is 1. The van der Waals surface area contributed by atoms with Crippen molar-refractivity contribution in [3.63, 3.8) is 0 Å². The Morgan fingerprint density at radius 2 is 1.84 bits per heavy atom. The summed E-state index contributed by atoms with van der Waals surface area (Å²) in [5.74, 6) is -2.90. The lowest BCUT2D eigenvalue weighted by atomic mass is 9.92. The number of carboxylic acid groups (broad SMARTS) is 1. The van der Waals surface area contributed by atoms with Gasteiger partial charge in [-0.1, -0.05) is 19.9 Å². The molecule has 1 aromatic carbocycles. The van der Waals surface area contributed by atoms with E-state index in [0.717, 1.165) is 0 Å². The van der Waals surface area contributed by atoms with Crippen LogP contribution in [0, 0.1) is 24.0 Å². The highest BCUT2D eigenvalue weighted by atomic mass is 19.1. The minimum atomic E-state index is -1.03. The lowest BCUT2D eigenvalue weighted by Gasteiger charge is -2.43. The Morgan fingerprint density at radius 3 is 2.51 bits per heavy atom. The van der Waals surface area contributed by atoms with Gasteiger partial charge in [0.05, 0.1) is 41.2 Å². The fourth-order valence-electron chi connectivity index (χ4n) is 7.04. The lowest BCUT2D eigenvalue weighted by Crippen LogP contribution is -2.56. The highest BCUT2D eigenvalue weighted by molar-refractivity contribution is 6.06. The van der Waals surface area contributed by atoms with Crippen LogP contribution in [0.15, 0.2) is 41.3 Å². The third kappa shape index (κ3) is 5.69. The zero-order valence-corrected chi connectivity index (χ0v) is 28.7. The van der Waals surface area contributed by atoms with Crippen molar-refractivity contribution in [3.05, 3.63) is 69.8 Å². The molecule has 1 N–H and O–H groups in total. The van der Waals surface area contributed by atoms with E-state index < -0.39 is 34.6 Å². The van der Waals surface area contributed by atoms with Crippen LogP contribution in [-0.2, 0) is 9.59 Å².